The smallest absolute Gasteiger partial charge is 0.870 e. The van der Waals surface area contributed by atoms with E-state index in [2.05, 4.69) is 0 Å². The Morgan fingerprint density at radius 1 is 0.471 bits per heavy atom. The van der Waals surface area contributed by atoms with Gasteiger partial charge in [-0.3, -0.25) is 9.59 Å². The molecule has 0 unspecified atom stereocenters. The van der Waals surface area contributed by atoms with Crippen molar-refractivity contribution in [2.45, 2.75) is 119 Å². The van der Waals surface area contributed by atoms with Crippen molar-refractivity contribution < 1.29 is 107 Å². The first-order valence-corrected chi connectivity index (χ1v) is 15.8. The van der Waals surface area contributed by atoms with Crippen LogP contribution in [-0.2, 0) is 21.7 Å². The molecule has 12 heteroatoms. The minimum absolute atomic E-state index is 0. The van der Waals surface area contributed by atoms with E-state index in [4.69, 9.17) is 10.2 Å². The van der Waals surface area contributed by atoms with Crippen LogP contribution in [0, 0.1) is 0 Å². The summed E-state index contributed by atoms with van der Waals surface area (Å²) in [6.07, 6.45) is 0. The van der Waals surface area contributed by atoms with Crippen LogP contribution >= 0.6 is 0 Å². The van der Waals surface area contributed by atoms with Crippen molar-refractivity contribution in [2.24, 2.45) is 0 Å². The van der Waals surface area contributed by atoms with Crippen molar-refractivity contribution in [3.63, 3.8) is 0 Å². The Labute approximate surface area is 344 Å². The summed E-state index contributed by atoms with van der Waals surface area (Å²) in [4.78, 5) is 33.8. The van der Waals surface area contributed by atoms with E-state index < -0.39 is 22.4 Å². The zero-order chi connectivity index (χ0) is 38.8. The fourth-order valence-electron chi connectivity index (χ4n) is 5.04. The van der Waals surface area contributed by atoms with E-state index in [1.807, 2.05) is 83.1 Å². The number of aromatic hydroxyl groups is 6. The van der Waals surface area contributed by atoms with E-state index in [1.54, 1.807) is 12.1 Å². The van der Waals surface area contributed by atoms with Crippen molar-refractivity contribution in [2.75, 3.05) is 0 Å². The summed E-state index contributed by atoms with van der Waals surface area (Å²) in [6.45, 7) is 25.8. The summed E-state index contributed by atoms with van der Waals surface area (Å²) in [6, 6.07) is 7.68. The molecule has 0 bridgehead atoms. The molecule has 0 atom stereocenters. The van der Waals surface area contributed by atoms with E-state index in [-0.39, 0.29) is 125 Å². The Bertz CT molecular complexity index is 1540. The molecule has 0 radical (unpaired) electrons. The molecule has 51 heavy (non-hydrogen) atoms. The number of aromatic carboxylic acids is 1. The number of hydrogen-bond acceptors (Lipinski definition) is 10. The van der Waals surface area contributed by atoms with Gasteiger partial charge in [0.15, 0.2) is 11.6 Å². The third-order valence-electron chi connectivity index (χ3n) is 7.72. The van der Waals surface area contributed by atoms with Crippen LogP contribution in [-0.4, -0.2) is 58.8 Å². The van der Waals surface area contributed by atoms with Crippen LogP contribution in [0.15, 0.2) is 30.3 Å². The quantitative estimate of drug-likeness (QED) is 0.133. The number of Topliss-reactive ketones (excluding diaryl/α,β-unsaturated/α-hetero) is 2. The Morgan fingerprint density at radius 3 is 0.882 bits per heavy atom. The van der Waals surface area contributed by atoms with Crippen LogP contribution in [0.4, 0.5) is 0 Å². The monoisotopic (exact) mass is 738 g/mol. The zero-order valence-electron chi connectivity index (χ0n) is 32.7. The van der Waals surface area contributed by atoms with E-state index in [1.165, 1.54) is 32.0 Å². The number of carboxylic acid groups (broad SMARTS) is 1. The molecule has 0 amide bonds. The predicted molar refractivity (Wildman–Crippen MR) is 193 cm³/mol. The van der Waals surface area contributed by atoms with Crippen LogP contribution in [0.5, 0.6) is 34.5 Å². The minimum atomic E-state index is -1.33. The van der Waals surface area contributed by atoms with Gasteiger partial charge in [-0.15, -0.1) is 0 Å². The number of carbonyl (C=O) groups excluding carboxylic acids is 2. The molecular formula is C39H55KO11. The maximum Gasteiger partial charge on any atom is 1.00 e. The molecule has 11 nitrogen and oxygen atoms in total. The second-order valence-corrected chi connectivity index (χ2v) is 16.2. The van der Waals surface area contributed by atoms with E-state index in [0.29, 0.717) is 22.3 Å². The van der Waals surface area contributed by atoms with Gasteiger partial charge in [0.2, 0.25) is 0 Å². The average molecular weight is 739 g/mol. The van der Waals surface area contributed by atoms with E-state index in [0.717, 1.165) is 0 Å². The van der Waals surface area contributed by atoms with E-state index in [9.17, 15) is 39.9 Å². The molecule has 3 aromatic rings. The van der Waals surface area contributed by atoms with Gasteiger partial charge in [0, 0.05) is 22.3 Å². The summed E-state index contributed by atoms with van der Waals surface area (Å²) >= 11 is 0. The number of carbonyl (C=O) groups is 3. The third kappa shape index (κ3) is 12.5. The average Bonchev–Trinajstić information content (AvgIpc) is 2.85. The minimum Gasteiger partial charge on any atom is -0.870 e. The van der Waals surface area contributed by atoms with Gasteiger partial charge in [-0.05, 0) is 59.8 Å². The van der Waals surface area contributed by atoms with Crippen molar-refractivity contribution in [3.05, 3.63) is 69.3 Å². The molecule has 0 aliphatic heterocycles. The maximum atomic E-state index is 11.7. The second kappa shape index (κ2) is 18.1. The molecule has 0 aromatic heterocycles. The largest absolute Gasteiger partial charge is 1.00 e. The fraction of sp³-hybridized carbons (Fsp3) is 0.462. The van der Waals surface area contributed by atoms with Crippen LogP contribution in [0.3, 0.4) is 0 Å². The van der Waals surface area contributed by atoms with Gasteiger partial charge in [-0.2, -0.15) is 0 Å². The van der Waals surface area contributed by atoms with Crippen molar-refractivity contribution >= 4 is 17.5 Å². The number of carboxylic acids is 1. The molecule has 0 heterocycles. The number of benzene rings is 3. The third-order valence-corrected chi connectivity index (χ3v) is 7.72. The molecule has 3 aromatic carbocycles. The zero-order valence-corrected chi connectivity index (χ0v) is 35.8. The van der Waals surface area contributed by atoms with Crippen LogP contribution in [0.25, 0.3) is 0 Å². The Morgan fingerprint density at radius 2 is 0.706 bits per heavy atom. The molecule has 0 saturated heterocycles. The summed E-state index contributed by atoms with van der Waals surface area (Å²) < 4.78 is 0. The molecule has 0 spiro atoms. The number of phenols is 6. The normalized spacial score (nSPS) is 11.4. The van der Waals surface area contributed by atoms with Crippen molar-refractivity contribution in [1.82, 2.24) is 0 Å². The fourth-order valence-corrected chi connectivity index (χ4v) is 5.04. The first-order valence-electron chi connectivity index (χ1n) is 15.8. The molecule has 278 valence electrons. The SMILES string of the molecule is CC(=O)c1c(O)c(C(C)(C)C)cc(C(C)(C)C)c1O.CC(=O)c1c(O)cccc1O.CC(C)(C)c1cc(C(C)(C)C)c(O)c(C(=O)O)c1O.[K+].[OH-]. The van der Waals surface area contributed by atoms with Gasteiger partial charge in [0.05, 0.1) is 0 Å². The van der Waals surface area contributed by atoms with Crippen LogP contribution in [0.1, 0.15) is 150 Å². The van der Waals surface area contributed by atoms with Crippen LogP contribution < -0.4 is 51.4 Å². The van der Waals surface area contributed by atoms with Crippen LogP contribution in [0.2, 0.25) is 0 Å². The molecule has 0 aliphatic rings. The van der Waals surface area contributed by atoms with Gasteiger partial charge < -0.3 is 41.2 Å². The molecule has 0 aliphatic carbocycles. The summed E-state index contributed by atoms with van der Waals surface area (Å²) in [5.41, 5.74) is 0.553. The topological polar surface area (TPSA) is 223 Å². The predicted octanol–water partition coefficient (Wildman–Crippen LogP) is 5.41. The molecule has 3 rings (SSSR count). The molecule has 0 saturated carbocycles. The summed E-state index contributed by atoms with van der Waals surface area (Å²) in [5.74, 6) is -3.29. The summed E-state index contributed by atoms with van der Waals surface area (Å²) in [5, 5.41) is 68.2. The standard InChI is InChI=1S/C16H24O3.C15H22O4.C8H8O3.K.H2O/c1-9(17)12-13(18)10(15(2,3)4)8-11(14(12)19)16(5,6)7;1-14(2,3)8-7-9(15(4,5)6)12(17)10(11(8)16)13(18)19;1-5(9)8-6(10)3-2-4-7(8)11;;/h8,18-19H,1-7H3;7,16-17H,1-6H3,(H,18,19);2-4,10-11H,1H3;;1H2/q;;;+1;/p-1. The molecular weight excluding hydrogens is 684 g/mol. The Kier molecular flexibility index (Phi) is 17.7. The number of rotatable bonds is 3. The maximum absolute atomic E-state index is 11.7. The Balaban J connectivity index is 0. The summed E-state index contributed by atoms with van der Waals surface area (Å²) in [7, 11) is 0. The van der Waals surface area contributed by atoms with Gasteiger partial charge in [0.1, 0.15) is 51.2 Å². The number of ketones is 2. The van der Waals surface area contributed by atoms with Crippen molar-refractivity contribution in [3.8, 4) is 34.5 Å². The molecule has 0 fully saturated rings. The van der Waals surface area contributed by atoms with Gasteiger partial charge in [-0.25, -0.2) is 4.79 Å². The second-order valence-electron chi connectivity index (χ2n) is 16.2. The first kappa shape index (κ1) is 50.0. The number of phenolic OH excluding ortho intramolecular Hbond substituents is 4. The number of hydrogen-bond donors (Lipinski definition) is 7. The first-order chi connectivity index (χ1) is 21.9. The van der Waals surface area contributed by atoms with Crippen molar-refractivity contribution in [1.29, 1.82) is 0 Å². The van der Waals surface area contributed by atoms with Gasteiger partial charge in [0.25, 0.3) is 0 Å². The Hall–Kier alpha value is -3.13. The van der Waals surface area contributed by atoms with Gasteiger partial charge in [-0.1, -0.05) is 89.2 Å². The van der Waals surface area contributed by atoms with E-state index >= 15 is 0 Å². The van der Waals surface area contributed by atoms with Gasteiger partial charge >= 0.3 is 57.4 Å². The molecule has 8 N–H and O–H groups in total.